The summed E-state index contributed by atoms with van der Waals surface area (Å²) in [5.41, 5.74) is 1.12. The molecule has 1 heterocycles. The van der Waals surface area contributed by atoms with Crippen LogP contribution in [0.2, 0.25) is 0 Å². The number of aromatic nitrogens is 1. The minimum absolute atomic E-state index is 0.0167. The van der Waals surface area contributed by atoms with E-state index < -0.39 is 24.4 Å². The molecule has 0 spiro atoms. The summed E-state index contributed by atoms with van der Waals surface area (Å²) in [6.45, 7) is 2.96. The van der Waals surface area contributed by atoms with Gasteiger partial charge in [0.2, 0.25) is 11.7 Å². The topological polar surface area (TPSA) is 55.1 Å². The molecule has 0 radical (unpaired) electrons. The summed E-state index contributed by atoms with van der Waals surface area (Å²) in [5.74, 6) is -0.957. The Kier molecular flexibility index (Phi) is 5.08. The lowest BCUT2D eigenvalue weighted by Crippen LogP contribution is -2.30. The van der Waals surface area contributed by atoms with Crippen LogP contribution in [-0.2, 0) is 0 Å². The fraction of sp³-hybridized carbons (Fsp3) is 0.375. The number of nitrogens with one attached hydrogen (secondary N) is 1. The third kappa shape index (κ3) is 4.84. The molecule has 23 heavy (non-hydrogen) atoms. The van der Waals surface area contributed by atoms with E-state index in [9.17, 15) is 18.0 Å². The van der Waals surface area contributed by atoms with Crippen molar-refractivity contribution in [2.75, 3.05) is 6.54 Å². The van der Waals surface area contributed by atoms with E-state index in [1.165, 1.54) is 6.92 Å². The third-order valence-electron chi connectivity index (χ3n) is 3.21. The Labute approximate surface area is 131 Å². The summed E-state index contributed by atoms with van der Waals surface area (Å²) in [6, 6.07) is 9.05. The first-order chi connectivity index (χ1) is 10.8. The second-order valence-electron chi connectivity index (χ2n) is 5.43. The molecule has 124 valence electrons. The van der Waals surface area contributed by atoms with Gasteiger partial charge in [0.1, 0.15) is 0 Å². The smallest absolute Gasteiger partial charge is 0.389 e. The lowest BCUT2D eigenvalue weighted by atomic mass is 10.1. The highest BCUT2D eigenvalue weighted by Crippen LogP contribution is 2.24. The van der Waals surface area contributed by atoms with E-state index in [1.54, 1.807) is 19.1 Å². The molecule has 4 nitrogen and oxygen atoms in total. The minimum Gasteiger partial charge on any atom is -0.431 e. The summed E-state index contributed by atoms with van der Waals surface area (Å²) < 4.78 is 42.3. The van der Waals surface area contributed by atoms with Crippen molar-refractivity contribution < 1.29 is 22.4 Å². The van der Waals surface area contributed by atoms with E-state index in [0.717, 1.165) is 5.56 Å². The number of benzene rings is 1. The van der Waals surface area contributed by atoms with Gasteiger partial charge in [0.25, 0.3) is 5.91 Å². The van der Waals surface area contributed by atoms with E-state index in [0.29, 0.717) is 11.6 Å². The maximum absolute atomic E-state index is 12.3. The number of alkyl halides is 3. The molecule has 1 amide bonds. The van der Waals surface area contributed by atoms with Gasteiger partial charge in [-0.05, 0) is 25.0 Å². The first-order valence-electron chi connectivity index (χ1n) is 7.14. The summed E-state index contributed by atoms with van der Waals surface area (Å²) in [7, 11) is 0. The van der Waals surface area contributed by atoms with Gasteiger partial charge >= 0.3 is 6.18 Å². The van der Waals surface area contributed by atoms with Crippen LogP contribution in [0, 0.1) is 12.8 Å². The highest BCUT2D eigenvalue weighted by molar-refractivity contribution is 5.92. The number of amides is 1. The van der Waals surface area contributed by atoms with Crippen molar-refractivity contribution >= 4 is 5.91 Å². The first kappa shape index (κ1) is 17.1. The number of aryl methyl sites for hydroxylation is 1. The standard InChI is InChI=1S/C16H17F3N2O2/c1-10(8-16(17,18)19)9-20-14(22)13-11(2)21-15(23-13)12-6-4-3-5-7-12/h3-7,10H,8-9H2,1-2H3,(H,20,22). The van der Waals surface area contributed by atoms with Gasteiger partial charge in [-0.3, -0.25) is 4.79 Å². The van der Waals surface area contributed by atoms with E-state index in [2.05, 4.69) is 10.3 Å². The zero-order valence-electron chi connectivity index (χ0n) is 12.8. The molecule has 0 aliphatic heterocycles. The highest BCUT2D eigenvalue weighted by Gasteiger charge is 2.30. The number of halogens is 3. The molecular formula is C16H17F3N2O2. The number of hydrogen-bond acceptors (Lipinski definition) is 3. The quantitative estimate of drug-likeness (QED) is 0.904. The van der Waals surface area contributed by atoms with Crippen LogP contribution in [0.5, 0.6) is 0 Å². The summed E-state index contributed by atoms with van der Waals surface area (Å²) in [5, 5.41) is 2.45. The molecule has 0 aliphatic rings. The molecule has 0 fully saturated rings. The Hall–Kier alpha value is -2.31. The van der Waals surface area contributed by atoms with Gasteiger partial charge in [0, 0.05) is 18.5 Å². The van der Waals surface area contributed by atoms with Crippen LogP contribution in [0.15, 0.2) is 34.7 Å². The van der Waals surface area contributed by atoms with E-state index in [-0.39, 0.29) is 12.3 Å². The average Bonchev–Trinajstić information content (AvgIpc) is 2.86. The van der Waals surface area contributed by atoms with E-state index in [1.807, 2.05) is 18.2 Å². The van der Waals surface area contributed by atoms with Crippen LogP contribution in [-0.4, -0.2) is 23.6 Å². The number of carbonyl (C=O) groups is 1. The molecule has 1 unspecified atom stereocenters. The molecule has 2 aromatic rings. The molecule has 1 aromatic carbocycles. The maximum Gasteiger partial charge on any atom is 0.389 e. The minimum atomic E-state index is -4.24. The normalized spacial score (nSPS) is 12.9. The highest BCUT2D eigenvalue weighted by atomic mass is 19.4. The van der Waals surface area contributed by atoms with Crippen LogP contribution in [0.3, 0.4) is 0 Å². The largest absolute Gasteiger partial charge is 0.431 e. The molecule has 0 saturated heterocycles. The number of carbonyl (C=O) groups excluding carboxylic acids is 1. The van der Waals surface area contributed by atoms with Gasteiger partial charge < -0.3 is 9.73 Å². The van der Waals surface area contributed by atoms with Crippen molar-refractivity contribution in [3.63, 3.8) is 0 Å². The van der Waals surface area contributed by atoms with Crippen molar-refractivity contribution in [3.05, 3.63) is 41.8 Å². The Morgan fingerprint density at radius 2 is 1.96 bits per heavy atom. The predicted molar refractivity (Wildman–Crippen MR) is 78.8 cm³/mol. The summed E-state index contributed by atoms with van der Waals surface area (Å²) >= 11 is 0. The van der Waals surface area contributed by atoms with Gasteiger partial charge in [0.05, 0.1) is 5.69 Å². The number of hydrogen-bond donors (Lipinski definition) is 1. The Balaban J connectivity index is 2.02. The fourth-order valence-corrected chi connectivity index (χ4v) is 2.13. The van der Waals surface area contributed by atoms with Gasteiger partial charge in [-0.15, -0.1) is 0 Å². The number of nitrogens with zero attached hydrogens (tertiary/aromatic N) is 1. The monoisotopic (exact) mass is 326 g/mol. The second-order valence-corrected chi connectivity index (χ2v) is 5.43. The van der Waals surface area contributed by atoms with Crippen molar-refractivity contribution in [2.45, 2.75) is 26.4 Å². The maximum atomic E-state index is 12.3. The van der Waals surface area contributed by atoms with Crippen molar-refractivity contribution in [1.29, 1.82) is 0 Å². The Morgan fingerprint density at radius 1 is 1.30 bits per heavy atom. The summed E-state index contributed by atoms with van der Waals surface area (Å²) in [6.07, 6.45) is -5.19. The van der Waals surface area contributed by atoms with Gasteiger partial charge in [-0.25, -0.2) is 4.98 Å². The molecule has 0 saturated carbocycles. The van der Waals surface area contributed by atoms with Crippen LogP contribution >= 0.6 is 0 Å². The van der Waals surface area contributed by atoms with Gasteiger partial charge in [-0.1, -0.05) is 25.1 Å². The van der Waals surface area contributed by atoms with E-state index >= 15 is 0 Å². The zero-order valence-corrected chi connectivity index (χ0v) is 12.8. The SMILES string of the molecule is Cc1nc(-c2ccccc2)oc1C(=O)NCC(C)CC(F)(F)F. The Bertz CT molecular complexity index is 666. The number of rotatable bonds is 5. The average molecular weight is 326 g/mol. The van der Waals surface area contributed by atoms with Gasteiger partial charge in [0.15, 0.2) is 0 Å². The molecular weight excluding hydrogens is 309 g/mol. The molecule has 2 rings (SSSR count). The Morgan fingerprint density at radius 3 is 2.57 bits per heavy atom. The lowest BCUT2D eigenvalue weighted by molar-refractivity contribution is -0.142. The molecule has 7 heteroatoms. The van der Waals surface area contributed by atoms with Crippen molar-refractivity contribution in [3.8, 4) is 11.5 Å². The van der Waals surface area contributed by atoms with Crippen molar-refractivity contribution in [1.82, 2.24) is 10.3 Å². The van der Waals surface area contributed by atoms with Crippen molar-refractivity contribution in [2.24, 2.45) is 5.92 Å². The van der Waals surface area contributed by atoms with Crippen LogP contribution in [0.1, 0.15) is 29.6 Å². The van der Waals surface area contributed by atoms with Crippen LogP contribution in [0.4, 0.5) is 13.2 Å². The number of oxazole rings is 1. The fourth-order valence-electron chi connectivity index (χ4n) is 2.13. The molecule has 0 aliphatic carbocycles. The predicted octanol–water partition coefficient (Wildman–Crippen LogP) is 3.97. The lowest BCUT2D eigenvalue weighted by Gasteiger charge is -2.14. The zero-order chi connectivity index (χ0) is 17.0. The third-order valence-corrected chi connectivity index (χ3v) is 3.21. The summed E-state index contributed by atoms with van der Waals surface area (Å²) in [4.78, 5) is 16.2. The molecule has 1 atom stereocenters. The van der Waals surface area contributed by atoms with Crippen LogP contribution < -0.4 is 5.32 Å². The van der Waals surface area contributed by atoms with Gasteiger partial charge in [-0.2, -0.15) is 13.2 Å². The van der Waals surface area contributed by atoms with Crippen LogP contribution in [0.25, 0.3) is 11.5 Å². The van der Waals surface area contributed by atoms with E-state index in [4.69, 9.17) is 4.42 Å². The molecule has 1 N–H and O–H groups in total. The first-order valence-corrected chi connectivity index (χ1v) is 7.14. The molecule has 1 aromatic heterocycles. The molecule has 0 bridgehead atoms. The second kappa shape index (κ2) is 6.85.